The predicted octanol–water partition coefficient (Wildman–Crippen LogP) is 2.33. The number of aromatic nitrogens is 1. The van der Waals surface area contributed by atoms with Gasteiger partial charge in [0.25, 0.3) is 5.91 Å². The number of carbonyl (C=O) groups excluding carboxylic acids is 2. The highest BCUT2D eigenvalue weighted by Crippen LogP contribution is 2.31. The molecule has 1 aromatic carbocycles. The van der Waals surface area contributed by atoms with Gasteiger partial charge in [0.2, 0.25) is 5.91 Å². The summed E-state index contributed by atoms with van der Waals surface area (Å²) < 4.78 is 0. The fourth-order valence-corrected chi connectivity index (χ4v) is 3.45. The fourth-order valence-electron chi connectivity index (χ4n) is 3.45. The van der Waals surface area contributed by atoms with Crippen LogP contribution in [0.25, 0.3) is 0 Å². The molecule has 4 N–H and O–H groups in total. The summed E-state index contributed by atoms with van der Waals surface area (Å²) in [4.78, 5) is 28.5. The number of carbonyl (C=O) groups is 2. The largest absolute Gasteiger partial charge is 0.352 e. The van der Waals surface area contributed by atoms with E-state index in [0.29, 0.717) is 30.3 Å². The summed E-state index contributed by atoms with van der Waals surface area (Å²) in [7, 11) is 0. The lowest BCUT2D eigenvalue weighted by atomic mass is 9.95. The van der Waals surface area contributed by atoms with Gasteiger partial charge in [-0.25, -0.2) is 0 Å². The van der Waals surface area contributed by atoms with Crippen LogP contribution in [0.2, 0.25) is 0 Å². The van der Waals surface area contributed by atoms with Gasteiger partial charge in [-0.05, 0) is 55.1 Å². The van der Waals surface area contributed by atoms with Crippen molar-refractivity contribution in [2.75, 3.05) is 11.9 Å². The van der Waals surface area contributed by atoms with Crippen LogP contribution in [0.15, 0.2) is 48.8 Å². The molecule has 2 aromatic rings. The van der Waals surface area contributed by atoms with E-state index in [-0.39, 0.29) is 17.7 Å². The lowest BCUT2D eigenvalue weighted by molar-refractivity contribution is -0.126. The maximum absolute atomic E-state index is 12.4. The van der Waals surface area contributed by atoms with Gasteiger partial charge in [-0.15, -0.1) is 0 Å². The lowest BCUT2D eigenvalue weighted by Gasteiger charge is -2.17. The van der Waals surface area contributed by atoms with Crippen LogP contribution >= 0.6 is 0 Å². The molecule has 26 heavy (non-hydrogen) atoms. The molecule has 2 amide bonds. The third-order valence-electron chi connectivity index (χ3n) is 4.89. The van der Waals surface area contributed by atoms with Gasteiger partial charge in [-0.2, -0.15) is 0 Å². The van der Waals surface area contributed by atoms with E-state index in [1.165, 1.54) is 0 Å². The number of hydrogen-bond acceptors (Lipinski definition) is 4. The predicted molar refractivity (Wildman–Crippen MR) is 100 cm³/mol. The average Bonchev–Trinajstić information content (AvgIpc) is 3.16. The number of pyridine rings is 1. The van der Waals surface area contributed by atoms with Crippen LogP contribution in [0.4, 0.5) is 5.69 Å². The Kier molecular flexibility index (Phi) is 5.96. The van der Waals surface area contributed by atoms with Crippen LogP contribution < -0.4 is 16.4 Å². The Morgan fingerprint density at radius 2 is 1.96 bits per heavy atom. The summed E-state index contributed by atoms with van der Waals surface area (Å²) in [5.41, 5.74) is 7.94. The molecule has 1 heterocycles. The molecule has 0 radical (unpaired) electrons. The molecule has 6 heteroatoms. The molecule has 136 valence electrons. The number of nitrogens with two attached hydrogens (primary N) is 1. The highest BCUT2D eigenvalue weighted by atomic mass is 16.2. The van der Waals surface area contributed by atoms with Crippen LogP contribution in [0, 0.1) is 11.8 Å². The molecule has 3 rings (SSSR count). The number of amides is 2. The zero-order valence-electron chi connectivity index (χ0n) is 14.7. The molecular weight excluding hydrogens is 328 g/mol. The minimum absolute atomic E-state index is 0.0228. The fraction of sp³-hybridized carbons (Fsp3) is 0.350. The summed E-state index contributed by atoms with van der Waals surface area (Å²) in [6, 6.07) is 10.8. The van der Waals surface area contributed by atoms with Gasteiger partial charge in [-0.1, -0.05) is 18.6 Å². The van der Waals surface area contributed by atoms with Crippen molar-refractivity contribution >= 4 is 17.5 Å². The van der Waals surface area contributed by atoms with Crippen molar-refractivity contribution in [1.29, 1.82) is 0 Å². The Hall–Kier alpha value is -2.73. The quantitative estimate of drug-likeness (QED) is 0.743. The van der Waals surface area contributed by atoms with E-state index in [2.05, 4.69) is 15.6 Å². The van der Waals surface area contributed by atoms with Gasteiger partial charge in [-0.3, -0.25) is 14.6 Å². The third-order valence-corrected chi connectivity index (χ3v) is 4.89. The summed E-state index contributed by atoms with van der Waals surface area (Å²) in [5.74, 6) is 0.199. The highest BCUT2D eigenvalue weighted by Gasteiger charge is 2.31. The molecule has 1 aromatic heterocycles. The third kappa shape index (κ3) is 4.46. The average molecular weight is 352 g/mol. The number of benzene rings is 1. The molecule has 1 saturated carbocycles. The number of nitrogens with one attached hydrogen (secondary N) is 2. The number of anilines is 1. The van der Waals surface area contributed by atoms with Crippen LogP contribution in [-0.4, -0.2) is 23.3 Å². The van der Waals surface area contributed by atoms with Crippen molar-refractivity contribution in [3.63, 3.8) is 0 Å². The smallest absolute Gasteiger partial charge is 0.255 e. The Labute approximate surface area is 153 Å². The van der Waals surface area contributed by atoms with E-state index in [1.54, 1.807) is 24.5 Å². The van der Waals surface area contributed by atoms with E-state index in [0.717, 1.165) is 24.8 Å². The number of nitrogens with zero attached hydrogens (tertiary/aromatic N) is 1. The van der Waals surface area contributed by atoms with Crippen molar-refractivity contribution in [2.45, 2.75) is 25.8 Å². The van der Waals surface area contributed by atoms with Gasteiger partial charge < -0.3 is 16.4 Å². The minimum atomic E-state index is -0.190. The Morgan fingerprint density at radius 3 is 2.73 bits per heavy atom. The van der Waals surface area contributed by atoms with E-state index in [4.69, 9.17) is 5.73 Å². The summed E-state index contributed by atoms with van der Waals surface area (Å²) in [6.45, 7) is 1.00. The zero-order valence-corrected chi connectivity index (χ0v) is 14.7. The number of hydrogen-bond donors (Lipinski definition) is 3. The Bertz CT molecular complexity index is 763. The summed E-state index contributed by atoms with van der Waals surface area (Å²) in [5, 5.41) is 5.86. The van der Waals surface area contributed by atoms with Crippen molar-refractivity contribution in [2.24, 2.45) is 17.6 Å². The molecule has 6 nitrogen and oxygen atoms in total. The van der Waals surface area contributed by atoms with Gasteiger partial charge in [0, 0.05) is 36.1 Å². The van der Waals surface area contributed by atoms with E-state index >= 15 is 0 Å². The Balaban J connectivity index is 1.57. The van der Waals surface area contributed by atoms with Crippen LogP contribution in [0.5, 0.6) is 0 Å². The molecule has 2 atom stereocenters. The van der Waals surface area contributed by atoms with Crippen LogP contribution in [0.3, 0.4) is 0 Å². The van der Waals surface area contributed by atoms with E-state index in [1.807, 2.05) is 24.3 Å². The second kappa shape index (κ2) is 8.58. The first-order chi connectivity index (χ1) is 12.7. The van der Waals surface area contributed by atoms with Gasteiger partial charge >= 0.3 is 0 Å². The van der Waals surface area contributed by atoms with Gasteiger partial charge in [0.05, 0.1) is 0 Å². The topological polar surface area (TPSA) is 97.1 Å². The van der Waals surface area contributed by atoms with Gasteiger partial charge in [0.15, 0.2) is 0 Å². The SMILES string of the molecule is NC[C@H]1CCC[C@H]1C(=O)NCc1cccc(NC(=O)c2ccncc2)c1. The van der Waals surface area contributed by atoms with Crippen LogP contribution in [0.1, 0.15) is 35.2 Å². The van der Waals surface area contributed by atoms with E-state index in [9.17, 15) is 9.59 Å². The number of rotatable bonds is 6. The van der Waals surface area contributed by atoms with E-state index < -0.39 is 0 Å². The molecule has 0 spiro atoms. The molecule has 1 aliphatic carbocycles. The first-order valence-electron chi connectivity index (χ1n) is 8.95. The summed E-state index contributed by atoms with van der Waals surface area (Å²) in [6.07, 6.45) is 6.17. The minimum Gasteiger partial charge on any atom is -0.352 e. The highest BCUT2D eigenvalue weighted by molar-refractivity contribution is 6.04. The molecular formula is C20H24N4O2. The second-order valence-electron chi connectivity index (χ2n) is 6.64. The molecule has 0 bridgehead atoms. The zero-order chi connectivity index (χ0) is 18.4. The first kappa shape index (κ1) is 18.1. The molecule has 0 unspecified atom stereocenters. The normalized spacial score (nSPS) is 19.1. The molecule has 0 saturated heterocycles. The maximum atomic E-state index is 12.4. The lowest BCUT2D eigenvalue weighted by Crippen LogP contribution is -2.34. The monoisotopic (exact) mass is 352 g/mol. The second-order valence-corrected chi connectivity index (χ2v) is 6.64. The Morgan fingerprint density at radius 1 is 1.15 bits per heavy atom. The van der Waals surface area contributed by atoms with Crippen molar-refractivity contribution in [3.8, 4) is 0 Å². The summed E-state index contributed by atoms with van der Waals surface area (Å²) >= 11 is 0. The maximum Gasteiger partial charge on any atom is 0.255 e. The molecule has 1 aliphatic rings. The van der Waals surface area contributed by atoms with Crippen molar-refractivity contribution < 1.29 is 9.59 Å². The van der Waals surface area contributed by atoms with Crippen molar-refractivity contribution in [1.82, 2.24) is 10.3 Å². The molecule has 1 fully saturated rings. The standard InChI is InChI=1S/C20H24N4O2/c21-12-16-4-2-6-18(16)20(26)23-13-14-3-1-5-17(11-14)24-19(25)15-7-9-22-10-8-15/h1,3,5,7-11,16,18H,2,4,6,12-13,21H2,(H,23,26)(H,24,25)/t16-,18-/m1/s1. The van der Waals surface area contributed by atoms with Crippen LogP contribution in [-0.2, 0) is 11.3 Å². The molecule has 0 aliphatic heterocycles. The first-order valence-corrected chi connectivity index (χ1v) is 8.95. The van der Waals surface area contributed by atoms with Gasteiger partial charge in [0.1, 0.15) is 0 Å². The van der Waals surface area contributed by atoms with Crippen molar-refractivity contribution in [3.05, 3.63) is 59.9 Å².